The number of hydrogen-bond acceptors (Lipinski definition) is 6. The minimum absolute atomic E-state index is 0.00597. The van der Waals surface area contributed by atoms with Crippen LogP contribution in [-0.4, -0.2) is 48.2 Å². The van der Waals surface area contributed by atoms with Crippen molar-refractivity contribution in [3.8, 4) is 5.75 Å². The fourth-order valence-corrected chi connectivity index (χ4v) is 3.23. The summed E-state index contributed by atoms with van der Waals surface area (Å²) in [7, 11) is 0. The van der Waals surface area contributed by atoms with Crippen molar-refractivity contribution in [1.82, 2.24) is 10.6 Å². The van der Waals surface area contributed by atoms with E-state index in [1.165, 1.54) is 0 Å². The van der Waals surface area contributed by atoms with Crippen LogP contribution in [0.15, 0.2) is 54.6 Å². The van der Waals surface area contributed by atoms with Crippen LogP contribution in [-0.2, 0) is 22.6 Å². The smallest absolute Gasteiger partial charge is 0.243 e. The summed E-state index contributed by atoms with van der Waals surface area (Å²) in [5, 5.41) is 15.0. The minimum Gasteiger partial charge on any atom is -0.489 e. The quantitative estimate of drug-likeness (QED) is 0.306. The Hall–Kier alpha value is -2.94. The van der Waals surface area contributed by atoms with E-state index < -0.39 is 24.1 Å². The van der Waals surface area contributed by atoms with Crippen molar-refractivity contribution < 1.29 is 19.4 Å². The molecule has 2 aromatic rings. The van der Waals surface area contributed by atoms with Gasteiger partial charge in [-0.2, -0.15) is 0 Å². The zero-order valence-electron chi connectivity index (χ0n) is 19.4. The second-order valence-electron chi connectivity index (χ2n) is 8.55. The summed E-state index contributed by atoms with van der Waals surface area (Å²) < 4.78 is 5.80. The molecule has 180 valence electrons. The lowest BCUT2D eigenvalue weighted by molar-refractivity contribution is -0.130. The molecule has 0 saturated heterocycles. The monoisotopic (exact) mass is 456 g/mol. The molecule has 0 aliphatic rings. The van der Waals surface area contributed by atoms with Crippen LogP contribution in [0, 0.1) is 5.92 Å². The molecule has 0 bridgehead atoms. The van der Waals surface area contributed by atoms with Crippen molar-refractivity contribution in [3.63, 3.8) is 0 Å². The van der Waals surface area contributed by atoms with Gasteiger partial charge >= 0.3 is 0 Å². The van der Waals surface area contributed by atoms with E-state index in [9.17, 15) is 14.7 Å². The molecule has 8 heteroatoms. The van der Waals surface area contributed by atoms with E-state index >= 15 is 0 Å². The Morgan fingerprint density at radius 1 is 1.00 bits per heavy atom. The number of benzene rings is 2. The summed E-state index contributed by atoms with van der Waals surface area (Å²) in [6.45, 7) is 4.45. The van der Waals surface area contributed by atoms with Crippen LogP contribution in [0.2, 0.25) is 0 Å². The van der Waals surface area contributed by atoms with E-state index in [0.29, 0.717) is 18.8 Å². The largest absolute Gasteiger partial charge is 0.489 e. The summed E-state index contributed by atoms with van der Waals surface area (Å²) in [6, 6.07) is 15.7. The van der Waals surface area contributed by atoms with Gasteiger partial charge in [-0.15, -0.1) is 0 Å². The van der Waals surface area contributed by atoms with Crippen molar-refractivity contribution in [2.24, 2.45) is 17.4 Å². The average Bonchev–Trinajstić information content (AvgIpc) is 2.81. The zero-order valence-corrected chi connectivity index (χ0v) is 19.4. The van der Waals surface area contributed by atoms with Gasteiger partial charge in [-0.3, -0.25) is 9.59 Å². The third-order valence-corrected chi connectivity index (χ3v) is 5.09. The molecule has 2 aromatic carbocycles. The molecule has 0 aromatic heterocycles. The third kappa shape index (κ3) is 9.61. The lowest BCUT2D eigenvalue weighted by atomic mass is 10.0. The van der Waals surface area contributed by atoms with E-state index in [2.05, 4.69) is 10.6 Å². The molecule has 3 atom stereocenters. The van der Waals surface area contributed by atoms with Gasteiger partial charge < -0.3 is 31.9 Å². The third-order valence-electron chi connectivity index (χ3n) is 5.09. The molecule has 7 N–H and O–H groups in total. The molecule has 0 spiro atoms. The van der Waals surface area contributed by atoms with Gasteiger partial charge in [-0.25, -0.2) is 0 Å². The highest BCUT2D eigenvalue weighted by Gasteiger charge is 2.25. The molecule has 33 heavy (non-hydrogen) atoms. The molecule has 0 fully saturated rings. The number of ether oxygens (including phenoxy) is 1. The number of rotatable bonds is 13. The van der Waals surface area contributed by atoms with Crippen LogP contribution in [0.1, 0.15) is 31.4 Å². The average molecular weight is 457 g/mol. The van der Waals surface area contributed by atoms with Crippen LogP contribution >= 0.6 is 0 Å². The molecule has 0 radical (unpaired) electrons. The molecule has 0 aliphatic carbocycles. The fraction of sp³-hybridized carbons (Fsp3) is 0.440. The number of carbonyl (C=O) groups is 2. The first-order chi connectivity index (χ1) is 15.8. The molecule has 3 unspecified atom stereocenters. The van der Waals surface area contributed by atoms with E-state index in [1.54, 1.807) is 0 Å². The van der Waals surface area contributed by atoms with Gasteiger partial charge in [0.05, 0.1) is 12.1 Å². The van der Waals surface area contributed by atoms with Crippen LogP contribution in [0.4, 0.5) is 0 Å². The summed E-state index contributed by atoms with van der Waals surface area (Å²) in [5.41, 5.74) is 13.3. The highest BCUT2D eigenvalue weighted by atomic mass is 16.5. The second-order valence-corrected chi connectivity index (χ2v) is 8.55. The Morgan fingerprint density at radius 3 is 2.27 bits per heavy atom. The van der Waals surface area contributed by atoms with E-state index in [-0.39, 0.29) is 31.3 Å². The van der Waals surface area contributed by atoms with Crippen LogP contribution < -0.4 is 26.8 Å². The van der Waals surface area contributed by atoms with Gasteiger partial charge in [0.2, 0.25) is 11.8 Å². The predicted octanol–water partition coefficient (Wildman–Crippen LogP) is 1.10. The second kappa shape index (κ2) is 13.6. The van der Waals surface area contributed by atoms with Gasteiger partial charge in [0.15, 0.2) is 0 Å². The van der Waals surface area contributed by atoms with Gasteiger partial charge in [0, 0.05) is 19.5 Å². The van der Waals surface area contributed by atoms with Crippen molar-refractivity contribution in [2.75, 3.05) is 13.1 Å². The van der Waals surface area contributed by atoms with Gasteiger partial charge in [0.25, 0.3) is 0 Å². The van der Waals surface area contributed by atoms with Crippen LogP contribution in [0.3, 0.4) is 0 Å². The fourth-order valence-electron chi connectivity index (χ4n) is 3.23. The Bertz CT molecular complexity index is 858. The maximum atomic E-state index is 12.7. The number of hydrogen-bond donors (Lipinski definition) is 5. The van der Waals surface area contributed by atoms with Gasteiger partial charge in [-0.1, -0.05) is 56.3 Å². The molecule has 0 saturated carbocycles. The van der Waals surface area contributed by atoms with Crippen LogP contribution in [0.25, 0.3) is 0 Å². The maximum Gasteiger partial charge on any atom is 0.243 e. The number of nitrogens with two attached hydrogens (primary N) is 2. The summed E-state index contributed by atoms with van der Waals surface area (Å²) in [4.78, 5) is 25.3. The number of nitrogens with one attached hydrogen (secondary N) is 2. The van der Waals surface area contributed by atoms with E-state index in [1.807, 2.05) is 68.4 Å². The first-order valence-corrected chi connectivity index (χ1v) is 11.3. The maximum absolute atomic E-state index is 12.7. The lowest BCUT2D eigenvalue weighted by Gasteiger charge is -2.22. The minimum atomic E-state index is -0.852. The molecular formula is C25H36N4O4. The Kier molecular flexibility index (Phi) is 10.8. The molecule has 2 amide bonds. The number of aliphatic hydroxyl groups is 1. The normalized spacial score (nSPS) is 13.8. The van der Waals surface area contributed by atoms with Gasteiger partial charge in [-0.05, 0) is 35.6 Å². The van der Waals surface area contributed by atoms with Crippen molar-refractivity contribution >= 4 is 11.8 Å². The Morgan fingerprint density at radius 2 is 1.67 bits per heavy atom. The van der Waals surface area contributed by atoms with E-state index in [0.717, 1.165) is 11.1 Å². The predicted molar refractivity (Wildman–Crippen MR) is 128 cm³/mol. The van der Waals surface area contributed by atoms with Crippen molar-refractivity contribution in [3.05, 3.63) is 65.7 Å². The lowest BCUT2D eigenvalue weighted by Crippen LogP contribution is -2.53. The topological polar surface area (TPSA) is 140 Å². The SMILES string of the molecule is CC(C)CC(N)C(=O)NC(Cc1ccc(OCc2ccccc2)cc1)C(=O)NCC(O)CN. The molecular weight excluding hydrogens is 420 g/mol. The van der Waals surface area contributed by atoms with Crippen molar-refractivity contribution in [1.29, 1.82) is 0 Å². The first-order valence-electron chi connectivity index (χ1n) is 11.3. The number of amides is 2. The van der Waals surface area contributed by atoms with E-state index in [4.69, 9.17) is 16.2 Å². The molecule has 0 heterocycles. The van der Waals surface area contributed by atoms with Crippen LogP contribution in [0.5, 0.6) is 5.75 Å². The summed E-state index contributed by atoms with van der Waals surface area (Å²) >= 11 is 0. The first kappa shape index (κ1) is 26.3. The standard InChI is InChI=1S/C25H36N4O4/c1-17(2)12-22(27)24(31)29-23(25(32)28-15-20(30)14-26)13-18-8-10-21(11-9-18)33-16-19-6-4-3-5-7-19/h3-11,17,20,22-23,30H,12-16,26-27H2,1-2H3,(H,28,32)(H,29,31). The Labute approximate surface area is 195 Å². The molecule has 2 rings (SSSR count). The van der Waals surface area contributed by atoms with Crippen molar-refractivity contribution in [2.45, 2.75) is 51.5 Å². The summed E-state index contributed by atoms with van der Waals surface area (Å²) in [5.74, 6) is 0.168. The highest BCUT2D eigenvalue weighted by Crippen LogP contribution is 2.16. The molecule has 8 nitrogen and oxygen atoms in total. The molecule has 0 aliphatic heterocycles. The number of aliphatic hydroxyl groups excluding tert-OH is 1. The Balaban J connectivity index is 2.02. The zero-order chi connectivity index (χ0) is 24.2. The summed E-state index contributed by atoms with van der Waals surface area (Å²) in [6.07, 6.45) is -0.0714. The number of carbonyl (C=O) groups excluding carboxylic acids is 2. The highest BCUT2D eigenvalue weighted by molar-refractivity contribution is 5.89. The van der Waals surface area contributed by atoms with Gasteiger partial charge in [0.1, 0.15) is 18.4 Å².